The number of hydrogen-bond donors (Lipinski definition) is 1. The van der Waals surface area contributed by atoms with E-state index >= 15 is 0 Å². The molecule has 0 fully saturated rings. The lowest BCUT2D eigenvalue weighted by atomic mass is 10.0. The molecule has 90 valence electrons. The summed E-state index contributed by atoms with van der Waals surface area (Å²) in [6.45, 7) is 8.75. The number of aryl methyl sites for hydroxylation is 1. The molecule has 1 rings (SSSR count). The molecule has 0 aliphatic rings. The molecule has 0 heterocycles. The van der Waals surface area contributed by atoms with E-state index in [9.17, 15) is 0 Å². The average molecular weight is 237 g/mol. The molecule has 0 spiro atoms. The first-order chi connectivity index (χ1) is 7.54. The first-order valence-corrected chi connectivity index (χ1v) is 6.91. The smallest absolute Gasteiger partial charge is 0.0269 e. The van der Waals surface area contributed by atoms with Gasteiger partial charge in [-0.05, 0) is 31.9 Å². The van der Waals surface area contributed by atoms with E-state index in [0.717, 1.165) is 0 Å². The molecule has 2 heteroatoms. The van der Waals surface area contributed by atoms with E-state index in [0.29, 0.717) is 11.2 Å². The highest BCUT2D eigenvalue weighted by Crippen LogP contribution is 2.31. The zero-order valence-electron chi connectivity index (χ0n) is 10.7. The van der Waals surface area contributed by atoms with Crippen LogP contribution in [0.25, 0.3) is 0 Å². The van der Waals surface area contributed by atoms with Gasteiger partial charge in [0.1, 0.15) is 0 Å². The molecule has 3 unspecified atom stereocenters. The van der Waals surface area contributed by atoms with E-state index < -0.39 is 0 Å². The fourth-order valence-corrected chi connectivity index (χ4v) is 2.99. The summed E-state index contributed by atoms with van der Waals surface area (Å²) in [7, 11) is 0. The highest BCUT2D eigenvalue weighted by atomic mass is 32.2. The number of benzene rings is 1. The lowest BCUT2D eigenvalue weighted by molar-refractivity contribution is 0.485. The van der Waals surface area contributed by atoms with Crippen LogP contribution < -0.4 is 5.73 Å². The molecule has 16 heavy (non-hydrogen) atoms. The molecule has 1 nitrogen and oxygen atoms in total. The zero-order chi connectivity index (χ0) is 12.1. The zero-order valence-corrected chi connectivity index (χ0v) is 11.6. The molecule has 0 aliphatic carbocycles. The second kappa shape index (κ2) is 6.31. The SMILES string of the molecule is CCC(C)C(Sc1ccc(C)cc1)C(C)N. The van der Waals surface area contributed by atoms with Crippen molar-refractivity contribution in [2.75, 3.05) is 0 Å². The van der Waals surface area contributed by atoms with Crippen molar-refractivity contribution in [2.45, 2.75) is 50.3 Å². The van der Waals surface area contributed by atoms with Crippen molar-refractivity contribution in [3.63, 3.8) is 0 Å². The summed E-state index contributed by atoms with van der Waals surface area (Å²) in [5, 5.41) is 0.507. The fourth-order valence-electron chi connectivity index (χ4n) is 1.75. The van der Waals surface area contributed by atoms with Gasteiger partial charge in [0.25, 0.3) is 0 Å². The van der Waals surface area contributed by atoms with Gasteiger partial charge >= 0.3 is 0 Å². The van der Waals surface area contributed by atoms with Gasteiger partial charge in [0, 0.05) is 16.2 Å². The minimum Gasteiger partial charge on any atom is -0.327 e. The maximum atomic E-state index is 6.07. The Morgan fingerprint density at radius 1 is 1.19 bits per heavy atom. The van der Waals surface area contributed by atoms with Crippen LogP contribution in [0.2, 0.25) is 0 Å². The lowest BCUT2D eigenvalue weighted by Crippen LogP contribution is -2.33. The van der Waals surface area contributed by atoms with E-state index in [1.54, 1.807) is 0 Å². The highest BCUT2D eigenvalue weighted by molar-refractivity contribution is 8.00. The average Bonchev–Trinajstić information content (AvgIpc) is 2.27. The number of hydrogen-bond acceptors (Lipinski definition) is 2. The molecule has 0 radical (unpaired) electrons. The molecular weight excluding hydrogens is 214 g/mol. The van der Waals surface area contributed by atoms with Crippen LogP contribution in [0.15, 0.2) is 29.2 Å². The Morgan fingerprint density at radius 3 is 2.19 bits per heavy atom. The van der Waals surface area contributed by atoms with Gasteiger partial charge in [0.15, 0.2) is 0 Å². The molecular formula is C14H23NS. The van der Waals surface area contributed by atoms with Gasteiger partial charge in [-0.3, -0.25) is 0 Å². The predicted molar refractivity (Wildman–Crippen MR) is 73.9 cm³/mol. The van der Waals surface area contributed by atoms with Crippen molar-refractivity contribution in [1.29, 1.82) is 0 Å². The third-order valence-electron chi connectivity index (χ3n) is 3.02. The number of nitrogens with two attached hydrogens (primary N) is 1. The van der Waals surface area contributed by atoms with Gasteiger partial charge in [-0.1, -0.05) is 38.0 Å². The highest BCUT2D eigenvalue weighted by Gasteiger charge is 2.20. The number of thioether (sulfide) groups is 1. The van der Waals surface area contributed by atoms with Gasteiger partial charge in [-0.15, -0.1) is 11.8 Å². The Balaban J connectivity index is 2.71. The minimum atomic E-state index is 0.237. The van der Waals surface area contributed by atoms with E-state index in [4.69, 9.17) is 5.73 Å². The number of rotatable bonds is 5. The van der Waals surface area contributed by atoms with E-state index in [-0.39, 0.29) is 6.04 Å². The van der Waals surface area contributed by atoms with Crippen molar-refractivity contribution >= 4 is 11.8 Å². The van der Waals surface area contributed by atoms with Crippen LogP contribution in [0.5, 0.6) is 0 Å². The second-order valence-electron chi connectivity index (χ2n) is 4.64. The van der Waals surface area contributed by atoms with Crippen molar-refractivity contribution in [1.82, 2.24) is 0 Å². The molecule has 1 aromatic rings. The Kier molecular flexibility index (Phi) is 5.36. The minimum absolute atomic E-state index is 0.237. The van der Waals surface area contributed by atoms with E-state index in [1.165, 1.54) is 16.9 Å². The Hall–Kier alpha value is -0.470. The molecule has 0 saturated carbocycles. The quantitative estimate of drug-likeness (QED) is 0.787. The summed E-state index contributed by atoms with van der Waals surface area (Å²) in [5.41, 5.74) is 7.38. The van der Waals surface area contributed by atoms with Gasteiger partial charge in [0.2, 0.25) is 0 Å². The molecule has 1 aromatic carbocycles. The van der Waals surface area contributed by atoms with Crippen LogP contribution in [-0.4, -0.2) is 11.3 Å². The Morgan fingerprint density at radius 2 is 1.75 bits per heavy atom. The topological polar surface area (TPSA) is 26.0 Å². The largest absolute Gasteiger partial charge is 0.327 e. The van der Waals surface area contributed by atoms with Crippen LogP contribution in [0.4, 0.5) is 0 Å². The summed E-state index contributed by atoms with van der Waals surface area (Å²) in [5.74, 6) is 0.659. The first-order valence-electron chi connectivity index (χ1n) is 6.03. The predicted octanol–water partition coefficient (Wildman–Crippen LogP) is 3.85. The van der Waals surface area contributed by atoms with E-state index in [1.807, 2.05) is 11.8 Å². The van der Waals surface area contributed by atoms with Crippen LogP contribution in [0.1, 0.15) is 32.8 Å². The monoisotopic (exact) mass is 237 g/mol. The Bertz CT molecular complexity index is 305. The maximum Gasteiger partial charge on any atom is 0.0269 e. The van der Waals surface area contributed by atoms with Crippen LogP contribution >= 0.6 is 11.8 Å². The Labute approximate surface area is 104 Å². The second-order valence-corrected chi connectivity index (χ2v) is 5.89. The molecule has 0 amide bonds. The summed E-state index contributed by atoms with van der Waals surface area (Å²) in [4.78, 5) is 1.33. The summed E-state index contributed by atoms with van der Waals surface area (Å²) < 4.78 is 0. The molecule has 0 aromatic heterocycles. The van der Waals surface area contributed by atoms with Gasteiger partial charge in [-0.25, -0.2) is 0 Å². The molecule has 0 aliphatic heterocycles. The van der Waals surface area contributed by atoms with Crippen molar-refractivity contribution in [2.24, 2.45) is 11.7 Å². The summed E-state index contributed by atoms with van der Waals surface area (Å²) >= 11 is 1.91. The molecule has 2 N–H and O–H groups in total. The summed E-state index contributed by atoms with van der Waals surface area (Å²) in [6.07, 6.45) is 1.19. The standard InChI is InChI=1S/C14H23NS/c1-5-11(3)14(12(4)15)16-13-8-6-10(2)7-9-13/h6-9,11-12,14H,5,15H2,1-4H3. The van der Waals surface area contributed by atoms with Crippen molar-refractivity contribution in [3.05, 3.63) is 29.8 Å². The maximum absolute atomic E-state index is 6.07. The van der Waals surface area contributed by atoms with Gasteiger partial charge in [0.05, 0.1) is 0 Å². The van der Waals surface area contributed by atoms with Gasteiger partial charge in [-0.2, -0.15) is 0 Å². The van der Waals surface area contributed by atoms with E-state index in [2.05, 4.69) is 52.0 Å². The molecule has 3 atom stereocenters. The van der Waals surface area contributed by atoms with Crippen molar-refractivity contribution in [3.8, 4) is 0 Å². The fraction of sp³-hybridized carbons (Fsp3) is 0.571. The van der Waals surface area contributed by atoms with Crippen LogP contribution in [-0.2, 0) is 0 Å². The third-order valence-corrected chi connectivity index (χ3v) is 4.73. The van der Waals surface area contributed by atoms with Crippen LogP contribution in [0, 0.1) is 12.8 Å². The lowest BCUT2D eigenvalue weighted by Gasteiger charge is -2.26. The first kappa shape index (κ1) is 13.6. The normalized spacial score (nSPS) is 16.8. The van der Waals surface area contributed by atoms with Gasteiger partial charge < -0.3 is 5.73 Å². The van der Waals surface area contributed by atoms with Crippen LogP contribution in [0.3, 0.4) is 0 Å². The molecule has 0 saturated heterocycles. The third kappa shape index (κ3) is 3.84. The molecule has 0 bridgehead atoms. The summed E-state index contributed by atoms with van der Waals surface area (Å²) in [6, 6.07) is 8.95. The van der Waals surface area contributed by atoms with Crippen molar-refractivity contribution < 1.29 is 0 Å².